The molecule has 0 aliphatic heterocycles. The summed E-state index contributed by atoms with van der Waals surface area (Å²) in [6.45, 7) is 0.210. The third-order valence-electron chi connectivity index (χ3n) is 5.19. The fourth-order valence-electron chi connectivity index (χ4n) is 3.30. The van der Waals surface area contributed by atoms with E-state index in [1.54, 1.807) is 0 Å². The summed E-state index contributed by atoms with van der Waals surface area (Å²) in [5, 5.41) is 8.52. The van der Waals surface area contributed by atoms with Crippen LogP contribution in [0.5, 0.6) is 11.5 Å². The number of anilines is 2. The van der Waals surface area contributed by atoms with E-state index in [1.807, 2.05) is 6.07 Å². The first-order chi connectivity index (χ1) is 19.2. The molecule has 0 atom stereocenters. The van der Waals surface area contributed by atoms with E-state index in [4.69, 9.17) is 35.7 Å². The third-order valence-corrected chi connectivity index (χ3v) is 5.19. The van der Waals surface area contributed by atoms with E-state index >= 15 is 0 Å². The Kier molecular flexibility index (Phi) is 10.4. The summed E-state index contributed by atoms with van der Waals surface area (Å²) in [7, 11) is 0. The number of nitrogens with zero attached hydrogens (tertiary/aromatic N) is 1. The molecule has 0 aliphatic rings. The van der Waals surface area contributed by atoms with Crippen LogP contribution >= 0.6 is 0 Å². The zero-order valence-corrected chi connectivity index (χ0v) is 21.3. The number of rotatable bonds is 13. The molecule has 0 bridgehead atoms. The number of ether oxygens (including phenoxy) is 4. The van der Waals surface area contributed by atoms with Crippen molar-refractivity contribution in [1.82, 2.24) is 0 Å². The number of benzene rings is 3. The summed E-state index contributed by atoms with van der Waals surface area (Å²) in [6.07, 6.45) is -0.482. The third kappa shape index (κ3) is 9.33. The number of nitrogens with two attached hydrogens (primary N) is 2. The molecule has 0 amide bonds. The Bertz CT molecular complexity index is 1350. The van der Waals surface area contributed by atoms with Gasteiger partial charge in [0.2, 0.25) is 0 Å². The predicted octanol–water partition coefficient (Wildman–Crippen LogP) is 5.08. The Morgan fingerprint density at radius 1 is 0.875 bits per heavy atom. The largest absolute Gasteiger partial charge is 0.493 e. The highest BCUT2D eigenvalue weighted by Gasteiger charge is 2.34. The molecule has 11 heteroatoms. The van der Waals surface area contributed by atoms with Gasteiger partial charge in [0.05, 0.1) is 36.8 Å². The van der Waals surface area contributed by atoms with E-state index in [1.165, 1.54) is 78.9 Å². The minimum Gasteiger partial charge on any atom is -0.493 e. The summed E-state index contributed by atoms with van der Waals surface area (Å²) in [6, 6.07) is 17.2. The standard InChI is InChI=1S/C29H27F2N3O6/c30-29(31,22-6-10-25(11-7-22)37-14-1-13-32)40-26-8-3-20(4-9-26)5-12-27(35)38-15-2-16-39-28(36)21-17-23(33)19-24(34)18-21/h3-12,17-19H,1-2,14-16,33-34H2. The van der Waals surface area contributed by atoms with Crippen LogP contribution in [0.15, 0.2) is 72.8 Å². The lowest BCUT2D eigenvalue weighted by Crippen LogP contribution is -2.21. The number of halogens is 2. The summed E-state index contributed by atoms with van der Waals surface area (Å²) in [5.74, 6) is -0.921. The molecular formula is C29H27F2N3O6. The van der Waals surface area contributed by atoms with Crippen LogP contribution in [0.25, 0.3) is 6.08 Å². The molecule has 0 saturated carbocycles. The Balaban J connectivity index is 1.40. The zero-order chi connectivity index (χ0) is 29.0. The highest BCUT2D eigenvalue weighted by Crippen LogP contribution is 2.32. The SMILES string of the molecule is N#CCCOc1ccc(C(F)(F)Oc2ccc(C=CC(=O)OCCCOC(=O)c3cc(N)cc(N)c3)cc2)cc1. The number of alkyl halides is 2. The number of hydrogen-bond acceptors (Lipinski definition) is 9. The normalized spacial score (nSPS) is 11.0. The van der Waals surface area contributed by atoms with Crippen LogP contribution in [-0.2, 0) is 20.4 Å². The first kappa shape index (κ1) is 29.4. The van der Waals surface area contributed by atoms with Gasteiger partial charge in [0.15, 0.2) is 0 Å². The van der Waals surface area contributed by atoms with Gasteiger partial charge in [0, 0.05) is 23.9 Å². The Morgan fingerprint density at radius 2 is 1.50 bits per heavy atom. The molecule has 0 saturated heterocycles. The van der Waals surface area contributed by atoms with E-state index in [0.29, 0.717) is 22.7 Å². The fourth-order valence-corrected chi connectivity index (χ4v) is 3.30. The van der Waals surface area contributed by atoms with Gasteiger partial charge in [-0.3, -0.25) is 0 Å². The van der Waals surface area contributed by atoms with E-state index < -0.39 is 18.0 Å². The van der Waals surface area contributed by atoms with Crippen molar-refractivity contribution in [3.05, 3.63) is 89.5 Å². The summed E-state index contributed by atoms with van der Waals surface area (Å²) in [5.41, 5.74) is 12.4. The smallest absolute Gasteiger partial charge is 0.426 e. The van der Waals surface area contributed by atoms with Crippen molar-refractivity contribution in [2.75, 3.05) is 31.3 Å². The number of carbonyl (C=O) groups excluding carboxylic acids is 2. The second-order valence-corrected chi connectivity index (χ2v) is 8.35. The van der Waals surface area contributed by atoms with Crippen molar-refractivity contribution in [1.29, 1.82) is 5.26 Å². The molecular weight excluding hydrogens is 524 g/mol. The van der Waals surface area contributed by atoms with E-state index in [-0.39, 0.29) is 49.5 Å². The first-order valence-electron chi connectivity index (χ1n) is 12.1. The molecule has 40 heavy (non-hydrogen) atoms. The van der Waals surface area contributed by atoms with Crippen molar-refractivity contribution in [3.8, 4) is 17.6 Å². The molecule has 3 aromatic rings. The quantitative estimate of drug-likeness (QED) is 0.128. The van der Waals surface area contributed by atoms with Crippen LogP contribution in [0.4, 0.5) is 20.2 Å². The molecule has 0 spiro atoms. The van der Waals surface area contributed by atoms with Gasteiger partial charge < -0.3 is 30.4 Å². The van der Waals surface area contributed by atoms with Gasteiger partial charge in [-0.1, -0.05) is 12.1 Å². The highest BCUT2D eigenvalue weighted by molar-refractivity contribution is 5.91. The number of carbonyl (C=O) groups is 2. The van der Waals surface area contributed by atoms with Gasteiger partial charge >= 0.3 is 18.0 Å². The second kappa shape index (κ2) is 14.2. The minimum absolute atomic E-state index is 0.0182. The van der Waals surface area contributed by atoms with Crippen molar-refractivity contribution < 1.29 is 37.3 Å². The maximum absolute atomic E-state index is 14.6. The lowest BCUT2D eigenvalue weighted by molar-refractivity contribution is -0.185. The number of nitrogen functional groups attached to an aromatic ring is 2. The summed E-state index contributed by atoms with van der Waals surface area (Å²) < 4.78 is 49.4. The molecule has 208 valence electrons. The van der Waals surface area contributed by atoms with Crippen molar-refractivity contribution >= 4 is 29.4 Å². The molecule has 0 radical (unpaired) electrons. The lowest BCUT2D eigenvalue weighted by Gasteiger charge is -2.18. The van der Waals surface area contributed by atoms with E-state index in [9.17, 15) is 18.4 Å². The van der Waals surface area contributed by atoms with Gasteiger partial charge in [-0.15, -0.1) is 0 Å². The van der Waals surface area contributed by atoms with Gasteiger partial charge in [-0.05, 0) is 66.2 Å². The second-order valence-electron chi connectivity index (χ2n) is 8.35. The van der Waals surface area contributed by atoms with Crippen LogP contribution in [-0.4, -0.2) is 31.8 Å². The molecule has 3 aromatic carbocycles. The minimum atomic E-state index is -3.59. The van der Waals surface area contributed by atoms with Gasteiger partial charge in [-0.2, -0.15) is 14.0 Å². The van der Waals surface area contributed by atoms with E-state index in [0.717, 1.165) is 0 Å². The van der Waals surface area contributed by atoms with Crippen molar-refractivity contribution in [2.24, 2.45) is 0 Å². The Morgan fingerprint density at radius 3 is 2.15 bits per heavy atom. The Hall–Kier alpha value is -5.11. The predicted molar refractivity (Wildman–Crippen MR) is 143 cm³/mol. The summed E-state index contributed by atoms with van der Waals surface area (Å²) in [4.78, 5) is 23.9. The number of hydrogen-bond donors (Lipinski definition) is 2. The molecule has 0 unspecified atom stereocenters. The van der Waals surface area contributed by atoms with E-state index in [2.05, 4.69) is 0 Å². The maximum atomic E-state index is 14.6. The molecule has 3 rings (SSSR count). The maximum Gasteiger partial charge on any atom is 0.426 e. The van der Waals surface area contributed by atoms with Gasteiger partial charge in [0.25, 0.3) is 0 Å². The molecule has 4 N–H and O–H groups in total. The van der Waals surface area contributed by atoms with Crippen molar-refractivity contribution in [2.45, 2.75) is 19.0 Å². The molecule has 9 nitrogen and oxygen atoms in total. The molecule has 0 aliphatic carbocycles. The van der Waals surface area contributed by atoms with Crippen LogP contribution in [0.2, 0.25) is 0 Å². The highest BCUT2D eigenvalue weighted by atomic mass is 19.3. The average Bonchev–Trinajstić information content (AvgIpc) is 2.92. The summed E-state index contributed by atoms with van der Waals surface area (Å²) >= 11 is 0. The number of esters is 2. The lowest BCUT2D eigenvalue weighted by atomic mass is 10.2. The molecule has 0 fully saturated rings. The molecule has 0 aromatic heterocycles. The first-order valence-corrected chi connectivity index (χ1v) is 12.1. The topological polar surface area (TPSA) is 147 Å². The number of nitriles is 1. The average molecular weight is 552 g/mol. The van der Waals surface area contributed by atoms with Gasteiger partial charge in [0.1, 0.15) is 18.1 Å². The monoisotopic (exact) mass is 551 g/mol. The fraction of sp³-hybridized carbons (Fsp3) is 0.207. The van der Waals surface area contributed by atoms with Crippen LogP contribution in [0, 0.1) is 11.3 Å². The van der Waals surface area contributed by atoms with Crippen LogP contribution in [0.1, 0.15) is 34.3 Å². The van der Waals surface area contributed by atoms with Gasteiger partial charge in [-0.25, -0.2) is 9.59 Å². The van der Waals surface area contributed by atoms with Crippen LogP contribution in [0.3, 0.4) is 0 Å². The van der Waals surface area contributed by atoms with Crippen LogP contribution < -0.4 is 20.9 Å². The van der Waals surface area contributed by atoms with Crippen molar-refractivity contribution in [3.63, 3.8) is 0 Å². The molecule has 0 heterocycles. The Labute approximate surface area is 229 Å². The zero-order valence-electron chi connectivity index (χ0n) is 21.3.